The van der Waals surface area contributed by atoms with E-state index < -0.39 is 5.54 Å². The first-order valence-corrected chi connectivity index (χ1v) is 7.44. The van der Waals surface area contributed by atoms with Crippen molar-refractivity contribution in [1.29, 1.82) is 5.26 Å². The van der Waals surface area contributed by atoms with E-state index in [1.165, 1.54) is 4.90 Å². The zero-order chi connectivity index (χ0) is 17.2. The molecule has 0 saturated carbocycles. The first kappa shape index (κ1) is 16.8. The molecule has 1 aromatic heterocycles. The molecular weight excluding hydrogens is 312 g/mol. The van der Waals surface area contributed by atoms with Crippen molar-refractivity contribution in [1.82, 2.24) is 14.7 Å². The number of aliphatic imine (C=N–C) groups is 1. The zero-order valence-corrected chi connectivity index (χ0v) is 14.3. The lowest BCUT2D eigenvalue weighted by molar-refractivity contribution is 0.321. The molecule has 0 atom stereocenters. The molecule has 23 heavy (non-hydrogen) atoms. The van der Waals surface area contributed by atoms with Gasteiger partial charge in [-0.05, 0) is 32.9 Å². The molecule has 0 bridgehead atoms. The average molecular weight is 331 g/mol. The van der Waals surface area contributed by atoms with Gasteiger partial charge in [-0.25, -0.2) is 4.90 Å². The van der Waals surface area contributed by atoms with Crippen LogP contribution in [0.4, 0.5) is 5.82 Å². The van der Waals surface area contributed by atoms with Crippen LogP contribution in [0, 0.1) is 11.5 Å². The number of rotatable bonds is 2. The van der Waals surface area contributed by atoms with Crippen molar-refractivity contribution in [3.63, 3.8) is 0 Å². The van der Waals surface area contributed by atoms with Gasteiger partial charge in [0.05, 0.1) is 5.69 Å². The third-order valence-corrected chi connectivity index (χ3v) is 3.48. The van der Waals surface area contributed by atoms with Crippen molar-refractivity contribution in [2.75, 3.05) is 0 Å². The highest BCUT2D eigenvalue weighted by Gasteiger charge is 2.23. The SMILES string of the molecule is Cn1nc(-c2ccc(Cl)cc2)cc1N=C(N)N(C#N)C(C)(C)C. The topological polar surface area (TPSA) is 83.2 Å². The van der Waals surface area contributed by atoms with Crippen molar-refractivity contribution < 1.29 is 0 Å². The van der Waals surface area contributed by atoms with E-state index in [2.05, 4.69) is 16.3 Å². The van der Waals surface area contributed by atoms with E-state index in [9.17, 15) is 5.26 Å². The molecule has 120 valence electrons. The number of hydrogen-bond donors (Lipinski definition) is 1. The van der Waals surface area contributed by atoms with Gasteiger partial charge in [-0.2, -0.15) is 15.4 Å². The molecule has 0 spiro atoms. The molecular formula is C16H19ClN6. The van der Waals surface area contributed by atoms with Gasteiger partial charge >= 0.3 is 0 Å². The Balaban J connectivity index is 2.37. The van der Waals surface area contributed by atoms with Gasteiger partial charge in [-0.1, -0.05) is 23.7 Å². The monoisotopic (exact) mass is 330 g/mol. The number of benzene rings is 1. The minimum atomic E-state index is -0.445. The van der Waals surface area contributed by atoms with Crippen LogP contribution in [0.3, 0.4) is 0 Å². The van der Waals surface area contributed by atoms with Crippen molar-refractivity contribution >= 4 is 23.4 Å². The third-order valence-electron chi connectivity index (χ3n) is 3.22. The highest BCUT2D eigenvalue weighted by molar-refractivity contribution is 6.30. The maximum absolute atomic E-state index is 9.27. The maximum atomic E-state index is 9.27. The van der Waals surface area contributed by atoms with Gasteiger partial charge in [0.15, 0.2) is 12.0 Å². The summed E-state index contributed by atoms with van der Waals surface area (Å²) in [5.41, 5.74) is 7.22. The lowest BCUT2D eigenvalue weighted by Crippen LogP contribution is -2.46. The Morgan fingerprint density at radius 3 is 2.48 bits per heavy atom. The van der Waals surface area contributed by atoms with Gasteiger partial charge in [0, 0.05) is 29.2 Å². The zero-order valence-electron chi connectivity index (χ0n) is 13.6. The first-order valence-electron chi connectivity index (χ1n) is 7.06. The molecule has 0 aliphatic heterocycles. The predicted octanol–water partition coefficient (Wildman–Crippen LogP) is 3.27. The third kappa shape index (κ3) is 3.82. The van der Waals surface area contributed by atoms with Crippen molar-refractivity contribution in [3.8, 4) is 17.5 Å². The summed E-state index contributed by atoms with van der Waals surface area (Å²) < 4.78 is 1.62. The van der Waals surface area contributed by atoms with Crippen LogP contribution in [0.15, 0.2) is 35.3 Å². The van der Waals surface area contributed by atoms with Crippen LogP contribution < -0.4 is 5.73 Å². The standard InChI is InChI=1S/C16H19ClN6/c1-16(2,3)23(10-18)15(19)20-14-9-13(21-22(14)4)11-5-7-12(17)8-6-11/h5-9H,1-4H3,(H2,19,20). The van der Waals surface area contributed by atoms with Gasteiger partial charge in [-0.3, -0.25) is 4.68 Å². The minimum Gasteiger partial charge on any atom is -0.369 e. The number of hydrogen-bond acceptors (Lipinski definition) is 3. The highest BCUT2D eigenvalue weighted by atomic mass is 35.5. The molecule has 0 unspecified atom stereocenters. The number of nitrogens with zero attached hydrogens (tertiary/aromatic N) is 5. The fraction of sp³-hybridized carbons (Fsp3) is 0.312. The van der Waals surface area contributed by atoms with E-state index in [1.54, 1.807) is 23.9 Å². The number of guanidine groups is 1. The summed E-state index contributed by atoms with van der Waals surface area (Å²) in [7, 11) is 1.78. The smallest absolute Gasteiger partial charge is 0.211 e. The number of nitrogens with two attached hydrogens (primary N) is 1. The largest absolute Gasteiger partial charge is 0.369 e. The summed E-state index contributed by atoms with van der Waals surface area (Å²) in [6, 6.07) is 9.20. The van der Waals surface area contributed by atoms with Crippen LogP contribution in [0.1, 0.15) is 20.8 Å². The number of aryl methyl sites for hydroxylation is 1. The predicted molar refractivity (Wildman–Crippen MR) is 92.1 cm³/mol. The van der Waals surface area contributed by atoms with Crippen molar-refractivity contribution in [3.05, 3.63) is 35.4 Å². The maximum Gasteiger partial charge on any atom is 0.211 e. The van der Waals surface area contributed by atoms with Crippen molar-refractivity contribution in [2.24, 2.45) is 17.8 Å². The van der Waals surface area contributed by atoms with Crippen LogP contribution >= 0.6 is 11.6 Å². The average Bonchev–Trinajstić information content (AvgIpc) is 2.80. The molecule has 1 aromatic carbocycles. The number of halogens is 1. The lowest BCUT2D eigenvalue weighted by atomic mass is 10.1. The van der Waals surface area contributed by atoms with E-state index >= 15 is 0 Å². The molecule has 0 fully saturated rings. The summed E-state index contributed by atoms with van der Waals surface area (Å²) in [5, 5.41) is 14.4. The fourth-order valence-corrected chi connectivity index (χ4v) is 2.16. The second-order valence-electron chi connectivity index (χ2n) is 6.09. The minimum absolute atomic E-state index is 0.130. The molecule has 0 amide bonds. The molecule has 2 aromatic rings. The Bertz CT molecular complexity index is 761. The number of nitriles is 1. The van der Waals surface area contributed by atoms with Gasteiger partial charge < -0.3 is 5.73 Å². The van der Waals surface area contributed by atoms with Gasteiger partial charge in [0.1, 0.15) is 0 Å². The fourth-order valence-electron chi connectivity index (χ4n) is 2.04. The molecule has 6 nitrogen and oxygen atoms in total. The summed E-state index contributed by atoms with van der Waals surface area (Å²) in [4.78, 5) is 5.70. The lowest BCUT2D eigenvalue weighted by Gasteiger charge is -2.28. The van der Waals surface area contributed by atoms with Gasteiger partial charge in [-0.15, -0.1) is 0 Å². The molecule has 0 aliphatic rings. The normalized spacial score (nSPS) is 12.1. The Labute approximate surface area is 140 Å². The van der Waals surface area contributed by atoms with Crippen LogP contribution in [-0.4, -0.2) is 26.2 Å². The van der Waals surface area contributed by atoms with E-state index in [0.717, 1.165) is 11.3 Å². The quantitative estimate of drug-likeness (QED) is 0.396. The van der Waals surface area contributed by atoms with E-state index in [4.69, 9.17) is 17.3 Å². The number of aromatic nitrogens is 2. The van der Waals surface area contributed by atoms with Crippen molar-refractivity contribution in [2.45, 2.75) is 26.3 Å². The molecule has 0 saturated heterocycles. The van der Waals surface area contributed by atoms with Gasteiger partial charge in [0.2, 0.25) is 5.96 Å². The molecule has 1 heterocycles. The molecule has 0 radical (unpaired) electrons. The van der Waals surface area contributed by atoms with Crippen LogP contribution in [-0.2, 0) is 7.05 Å². The highest BCUT2D eigenvalue weighted by Crippen LogP contribution is 2.25. The Morgan fingerprint density at radius 1 is 1.35 bits per heavy atom. The second-order valence-corrected chi connectivity index (χ2v) is 6.53. The molecule has 7 heteroatoms. The van der Waals surface area contributed by atoms with E-state index in [1.807, 2.05) is 39.0 Å². The second kappa shape index (κ2) is 6.31. The summed E-state index contributed by atoms with van der Waals surface area (Å²) in [6.45, 7) is 5.67. The van der Waals surface area contributed by atoms with E-state index in [-0.39, 0.29) is 5.96 Å². The van der Waals surface area contributed by atoms with Crippen LogP contribution in [0.5, 0.6) is 0 Å². The Kier molecular flexibility index (Phi) is 4.62. The van der Waals surface area contributed by atoms with Gasteiger partial charge in [0.25, 0.3) is 0 Å². The summed E-state index contributed by atoms with van der Waals surface area (Å²) >= 11 is 5.90. The Hall–Kier alpha value is -2.52. The molecule has 2 N–H and O–H groups in total. The van der Waals surface area contributed by atoms with E-state index in [0.29, 0.717) is 10.8 Å². The summed E-state index contributed by atoms with van der Waals surface area (Å²) in [6.07, 6.45) is 2.06. The van der Waals surface area contributed by atoms with Crippen LogP contribution in [0.2, 0.25) is 5.02 Å². The Morgan fingerprint density at radius 2 is 1.96 bits per heavy atom. The molecule has 0 aliphatic carbocycles. The van der Waals surface area contributed by atoms with Crippen LogP contribution in [0.25, 0.3) is 11.3 Å². The first-order chi connectivity index (χ1) is 10.7. The summed E-state index contributed by atoms with van der Waals surface area (Å²) in [5.74, 6) is 0.697. The molecule has 2 rings (SSSR count).